The SMILES string of the molecule is Cc1ccc(S(=O)(=O)N2CCCC2C(=O)Nc2nc3c(cc4c5c(cccc53)CC4)s2)cc1. The monoisotopic (exact) mass is 477 g/mol. The summed E-state index contributed by atoms with van der Waals surface area (Å²) >= 11 is 1.45. The third kappa shape index (κ3) is 3.36. The van der Waals surface area contributed by atoms with Crippen LogP contribution in [0, 0.1) is 6.92 Å². The first-order valence-electron chi connectivity index (χ1n) is 11.2. The number of nitrogens with one attached hydrogen (secondary N) is 1. The second-order valence-corrected chi connectivity index (χ2v) is 11.7. The summed E-state index contributed by atoms with van der Waals surface area (Å²) in [4.78, 5) is 18.1. The molecule has 168 valence electrons. The number of carbonyl (C=O) groups excluding carboxylic acids is 1. The fourth-order valence-electron chi connectivity index (χ4n) is 5.08. The van der Waals surface area contributed by atoms with E-state index in [0.29, 0.717) is 24.5 Å². The van der Waals surface area contributed by atoms with Gasteiger partial charge in [-0.25, -0.2) is 13.4 Å². The Morgan fingerprint density at radius 2 is 1.91 bits per heavy atom. The molecule has 1 amide bonds. The standard InChI is InChI=1S/C25H23N3O3S2/c1-15-7-11-18(12-8-15)33(30,31)28-13-3-6-20(28)24(29)27-25-26-23-19-5-2-4-16-9-10-17(22(16)19)14-21(23)32-25/h2,4-5,7-8,11-12,14,20H,3,6,9-10,13H2,1H3,(H,26,27,29). The lowest BCUT2D eigenvalue weighted by atomic mass is 10.0. The molecule has 8 heteroatoms. The molecule has 6 rings (SSSR count). The van der Waals surface area contributed by atoms with Crippen molar-refractivity contribution in [2.75, 3.05) is 11.9 Å². The van der Waals surface area contributed by atoms with Gasteiger partial charge in [-0.05, 0) is 67.3 Å². The number of carbonyl (C=O) groups is 1. The van der Waals surface area contributed by atoms with Crippen LogP contribution in [-0.4, -0.2) is 36.2 Å². The van der Waals surface area contributed by atoms with E-state index in [0.717, 1.165) is 34.0 Å². The van der Waals surface area contributed by atoms with Gasteiger partial charge >= 0.3 is 0 Å². The van der Waals surface area contributed by atoms with E-state index in [2.05, 4.69) is 29.6 Å². The average molecular weight is 478 g/mol. The number of benzene rings is 3. The van der Waals surface area contributed by atoms with Gasteiger partial charge in [0, 0.05) is 11.9 Å². The van der Waals surface area contributed by atoms with Gasteiger partial charge in [-0.1, -0.05) is 47.2 Å². The van der Waals surface area contributed by atoms with Crippen molar-refractivity contribution >= 4 is 53.4 Å². The summed E-state index contributed by atoms with van der Waals surface area (Å²) < 4.78 is 28.8. The maximum absolute atomic E-state index is 13.2. The first-order chi connectivity index (χ1) is 15.9. The van der Waals surface area contributed by atoms with Gasteiger partial charge in [-0.3, -0.25) is 4.79 Å². The molecule has 4 aromatic rings. The predicted octanol–water partition coefficient (Wildman–Crippen LogP) is 4.65. The Balaban J connectivity index is 1.30. The highest BCUT2D eigenvalue weighted by Crippen LogP contribution is 2.39. The molecule has 1 saturated heterocycles. The predicted molar refractivity (Wildman–Crippen MR) is 131 cm³/mol. The highest BCUT2D eigenvalue weighted by Gasteiger charge is 2.39. The van der Waals surface area contributed by atoms with Gasteiger partial charge in [0.1, 0.15) is 6.04 Å². The van der Waals surface area contributed by atoms with Crippen LogP contribution in [0.15, 0.2) is 53.4 Å². The normalized spacial score (nSPS) is 18.4. The maximum atomic E-state index is 13.2. The van der Waals surface area contributed by atoms with Crippen LogP contribution in [0.4, 0.5) is 5.13 Å². The number of hydrogen-bond donors (Lipinski definition) is 1. The Hall–Kier alpha value is -2.81. The van der Waals surface area contributed by atoms with Crippen LogP contribution in [0.5, 0.6) is 0 Å². The lowest BCUT2D eigenvalue weighted by Gasteiger charge is -2.23. The van der Waals surface area contributed by atoms with Crippen LogP contribution in [0.25, 0.3) is 21.0 Å². The molecule has 6 nitrogen and oxygen atoms in total. The number of amides is 1. The van der Waals surface area contributed by atoms with Crippen LogP contribution in [0.2, 0.25) is 0 Å². The molecule has 1 unspecified atom stereocenters. The molecule has 33 heavy (non-hydrogen) atoms. The van der Waals surface area contributed by atoms with Gasteiger partial charge in [0.2, 0.25) is 15.9 Å². The first-order valence-corrected chi connectivity index (χ1v) is 13.4. The van der Waals surface area contributed by atoms with Crippen molar-refractivity contribution in [3.05, 3.63) is 65.2 Å². The molecule has 1 fully saturated rings. The van der Waals surface area contributed by atoms with Crippen LogP contribution < -0.4 is 5.32 Å². The number of anilines is 1. The molecule has 1 aromatic heterocycles. The summed E-state index contributed by atoms with van der Waals surface area (Å²) in [5.74, 6) is -0.320. The van der Waals surface area contributed by atoms with Gasteiger partial charge in [0.05, 0.1) is 15.1 Å². The van der Waals surface area contributed by atoms with Crippen LogP contribution >= 0.6 is 11.3 Å². The third-order valence-corrected chi connectivity index (χ3v) is 9.55. The Labute approximate surface area is 196 Å². The van der Waals surface area contributed by atoms with E-state index >= 15 is 0 Å². The third-order valence-electron chi connectivity index (χ3n) is 6.71. The van der Waals surface area contributed by atoms with E-state index in [-0.39, 0.29) is 10.8 Å². The van der Waals surface area contributed by atoms with Gasteiger partial charge < -0.3 is 5.32 Å². The lowest BCUT2D eigenvalue weighted by molar-refractivity contribution is -0.119. The Bertz CT molecular complexity index is 1520. The second kappa shape index (κ2) is 7.62. The van der Waals surface area contributed by atoms with Crippen LogP contribution in [0.3, 0.4) is 0 Å². The summed E-state index contributed by atoms with van der Waals surface area (Å²) in [7, 11) is -3.74. The van der Waals surface area contributed by atoms with Crippen molar-refractivity contribution in [3.63, 3.8) is 0 Å². The van der Waals surface area contributed by atoms with Crippen molar-refractivity contribution in [2.45, 2.75) is 43.5 Å². The molecular formula is C25H23N3O3S2. The van der Waals surface area contributed by atoms with E-state index in [1.54, 1.807) is 24.3 Å². The number of sulfonamides is 1. The Morgan fingerprint density at radius 3 is 2.73 bits per heavy atom. The number of hydrogen-bond acceptors (Lipinski definition) is 5. The molecule has 3 aromatic carbocycles. The molecule has 0 bridgehead atoms. The van der Waals surface area contributed by atoms with Gasteiger partial charge in [-0.15, -0.1) is 0 Å². The minimum absolute atomic E-state index is 0.219. The molecule has 0 radical (unpaired) electrons. The fourth-order valence-corrected chi connectivity index (χ4v) is 7.69. The number of nitrogens with zero attached hydrogens (tertiary/aromatic N) is 2. The van der Waals surface area contributed by atoms with Gasteiger partial charge in [0.25, 0.3) is 0 Å². The maximum Gasteiger partial charge on any atom is 0.244 e. The number of thiazole rings is 1. The first kappa shape index (κ1) is 20.8. The minimum Gasteiger partial charge on any atom is -0.301 e. The van der Waals surface area contributed by atoms with Gasteiger partial charge in [-0.2, -0.15) is 4.31 Å². The van der Waals surface area contributed by atoms with Crippen molar-refractivity contribution in [1.29, 1.82) is 0 Å². The van der Waals surface area contributed by atoms with Crippen LogP contribution in [-0.2, 0) is 27.7 Å². The molecule has 1 aliphatic carbocycles. The molecule has 2 heterocycles. The van der Waals surface area contributed by atoms with E-state index in [1.807, 2.05) is 6.92 Å². The second-order valence-electron chi connectivity index (χ2n) is 8.82. The lowest BCUT2D eigenvalue weighted by Crippen LogP contribution is -2.43. The smallest absolute Gasteiger partial charge is 0.244 e. The summed E-state index contributed by atoms with van der Waals surface area (Å²) in [6.45, 7) is 2.25. The Kier molecular flexibility index (Phi) is 4.79. The van der Waals surface area contributed by atoms with E-state index in [4.69, 9.17) is 4.98 Å². The van der Waals surface area contributed by atoms with Crippen LogP contribution in [0.1, 0.15) is 29.5 Å². The summed E-state index contributed by atoms with van der Waals surface area (Å²) in [5.41, 5.74) is 4.57. The number of fused-ring (bicyclic) bond motifs is 2. The van der Waals surface area contributed by atoms with Crippen molar-refractivity contribution in [1.82, 2.24) is 9.29 Å². The zero-order valence-electron chi connectivity index (χ0n) is 18.2. The molecule has 2 aliphatic rings. The molecular weight excluding hydrogens is 454 g/mol. The zero-order chi connectivity index (χ0) is 22.7. The highest BCUT2D eigenvalue weighted by molar-refractivity contribution is 7.89. The van der Waals surface area contributed by atoms with E-state index in [1.165, 1.54) is 32.2 Å². The summed E-state index contributed by atoms with van der Waals surface area (Å²) in [6, 6.07) is 14.5. The molecule has 0 spiro atoms. The Morgan fingerprint density at radius 1 is 1.12 bits per heavy atom. The molecule has 1 atom stereocenters. The number of aromatic nitrogens is 1. The van der Waals surface area contributed by atoms with Crippen molar-refractivity contribution in [3.8, 4) is 0 Å². The number of rotatable bonds is 4. The van der Waals surface area contributed by atoms with Gasteiger partial charge in [0.15, 0.2) is 5.13 Å². The minimum atomic E-state index is -3.74. The molecule has 1 N–H and O–H groups in total. The average Bonchev–Trinajstić information content (AvgIpc) is 3.53. The summed E-state index contributed by atoms with van der Waals surface area (Å²) in [5, 5.41) is 5.84. The number of aryl methyl sites for hydroxylation is 3. The summed E-state index contributed by atoms with van der Waals surface area (Å²) in [6.07, 6.45) is 3.23. The van der Waals surface area contributed by atoms with Crippen molar-refractivity contribution in [2.24, 2.45) is 0 Å². The fraction of sp³-hybridized carbons (Fsp3) is 0.280. The van der Waals surface area contributed by atoms with Crippen molar-refractivity contribution < 1.29 is 13.2 Å². The zero-order valence-corrected chi connectivity index (χ0v) is 19.8. The molecule has 0 saturated carbocycles. The molecule has 1 aliphatic heterocycles. The largest absolute Gasteiger partial charge is 0.301 e. The quantitative estimate of drug-likeness (QED) is 0.464. The topological polar surface area (TPSA) is 79.4 Å². The van der Waals surface area contributed by atoms with E-state index in [9.17, 15) is 13.2 Å². The highest BCUT2D eigenvalue weighted by atomic mass is 32.2. The van der Waals surface area contributed by atoms with E-state index < -0.39 is 16.1 Å².